The highest BCUT2D eigenvalue weighted by Gasteiger charge is 2.34. The predicted octanol–water partition coefficient (Wildman–Crippen LogP) is 2.38. The van der Waals surface area contributed by atoms with Gasteiger partial charge in [-0.2, -0.15) is 0 Å². The lowest BCUT2D eigenvalue weighted by atomic mass is 10.2. The molecule has 4 heteroatoms. The first-order valence-corrected chi connectivity index (χ1v) is 6.71. The lowest BCUT2D eigenvalue weighted by Crippen LogP contribution is -2.31. The lowest BCUT2D eigenvalue weighted by molar-refractivity contribution is -0.636. The standard InChI is InChI=1S/C17H15N4/c1-19-14-6-4-3-5-12(14)15-17(19)20(2)16-13-9-18-8-7-11(13)10-21(15)16/h3-9H,10H2,1-2H3/q+1/i1D3,2D3. The minimum atomic E-state index is -2.55. The molecule has 102 valence electrons. The number of imidazole rings is 1. The molecule has 0 bridgehead atoms. The van der Waals surface area contributed by atoms with Crippen molar-refractivity contribution in [3.8, 4) is 11.4 Å². The predicted molar refractivity (Wildman–Crippen MR) is 81.9 cm³/mol. The molecule has 1 aliphatic heterocycles. The first kappa shape index (κ1) is 6.89. The van der Waals surface area contributed by atoms with E-state index in [-0.39, 0.29) is 5.65 Å². The van der Waals surface area contributed by atoms with Gasteiger partial charge < -0.3 is 0 Å². The van der Waals surface area contributed by atoms with Crippen LogP contribution in [0, 0.1) is 0 Å². The molecule has 0 aliphatic carbocycles. The fourth-order valence-corrected chi connectivity index (χ4v) is 3.36. The summed E-state index contributed by atoms with van der Waals surface area (Å²) in [5.74, 6) is 0.465. The second kappa shape index (κ2) is 3.52. The Morgan fingerprint density at radius 3 is 3.14 bits per heavy atom. The van der Waals surface area contributed by atoms with Gasteiger partial charge in [-0.3, -0.25) is 9.55 Å². The van der Waals surface area contributed by atoms with Gasteiger partial charge in [0.15, 0.2) is 5.52 Å². The first-order valence-electron chi connectivity index (χ1n) is 9.71. The zero-order chi connectivity index (χ0) is 19.1. The summed E-state index contributed by atoms with van der Waals surface area (Å²) >= 11 is 0. The number of hydrogen-bond acceptors (Lipinski definition) is 1. The van der Waals surface area contributed by atoms with Gasteiger partial charge in [0, 0.05) is 18.0 Å². The maximum absolute atomic E-state index is 8.12. The maximum Gasteiger partial charge on any atom is 0.269 e. The van der Waals surface area contributed by atoms with E-state index in [2.05, 4.69) is 4.98 Å². The number of aryl methyl sites for hydroxylation is 2. The van der Waals surface area contributed by atoms with Crippen molar-refractivity contribution in [2.24, 2.45) is 14.0 Å². The summed E-state index contributed by atoms with van der Waals surface area (Å²) in [4.78, 5) is 4.14. The Bertz CT molecular complexity index is 1230. The molecular formula is C17H15N4+. The molecule has 4 aromatic rings. The van der Waals surface area contributed by atoms with E-state index in [4.69, 9.17) is 8.22 Å². The number of benzene rings is 1. The Balaban J connectivity index is 2.07. The van der Waals surface area contributed by atoms with Crippen LogP contribution in [-0.4, -0.2) is 14.1 Å². The summed E-state index contributed by atoms with van der Waals surface area (Å²) < 4.78 is 52.7. The molecule has 21 heavy (non-hydrogen) atoms. The van der Waals surface area contributed by atoms with Gasteiger partial charge in [0.25, 0.3) is 5.65 Å². The summed E-state index contributed by atoms with van der Waals surface area (Å²) in [5, 5.41) is 0.716. The molecule has 4 heterocycles. The smallest absolute Gasteiger partial charge is 0.264 e. The molecule has 5 rings (SSSR count). The summed E-state index contributed by atoms with van der Waals surface area (Å²) in [7, 11) is 0. The zero-order valence-corrected chi connectivity index (χ0v) is 11.0. The number of pyridine rings is 1. The van der Waals surface area contributed by atoms with E-state index < -0.39 is 14.0 Å². The Hall–Kier alpha value is -2.62. The Morgan fingerprint density at radius 2 is 2.24 bits per heavy atom. The van der Waals surface area contributed by atoms with E-state index in [1.165, 1.54) is 4.57 Å². The largest absolute Gasteiger partial charge is 0.269 e. The maximum atomic E-state index is 8.12. The normalized spacial score (nSPS) is 18.5. The molecule has 0 fully saturated rings. The Labute approximate surface area is 130 Å². The molecule has 0 radical (unpaired) electrons. The van der Waals surface area contributed by atoms with Crippen LogP contribution in [0.2, 0.25) is 0 Å². The average Bonchev–Trinajstić information content (AvgIpc) is 3.18. The van der Waals surface area contributed by atoms with E-state index in [1.54, 1.807) is 24.5 Å². The van der Waals surface area contributed by atoms with Crippen LogP contribution >= 0.6 is 0 Å². The molecule has 1 aromatic carbocycles. The van der Waals surface area contributed by atoms with Gasteiger partial charge in [0.2, 0.25) is 5.82 Å². The minimum absolute atomic E-state index is 0.181. The van der Waals surface area contributed by atoms with Gasteiger partial charge in [-0.05, 0) is 18.2 Å². The molecule has 0 unspecified atom stereocenters. The second-order valence-corrected chi connectivity index (χ2v) is 5.30. The van der Waals surface area contributed by atoms with Crippen molar-refractivity contribution in [1.82, 2.24) is 14.1 Å². The molecule has 0 atom stereocenters. The van der Waals surface area contributed by atoms with E-state index in [9.17, 15) is 0 Å². The fourth-order valence-electron chi connectivity index (χ4n) is 3.36. The number of para-hydroxylation sites is 1. The number of rotatable bonds is 0. The molecule has 0 amide bonds. The minimum Gasteiger partial charge on any atom is -0.264 e. The molecule has 1 aliphatic rings. The van der Waals surface area contributed by atoms with E-state index >= 15 is 0 Å². The molecular weight excluding hydrogens is 260 g/mol. The third-order valence-corrected chi connectivity index (χ3v) is 4.25. The summed E-state index contributed by atoms with van der Waals surface area (Å²) in [6, 6.07) is 8.99. The van der Waals surface area contributed by atoms with E-state index in [0.29, 0.717) is 34.4 Å². The summed E-state index contributed by atoms with van der Waals surface area (Å²) in [5.41, 5.74) is 2.96. The van der Waals surface area contributed by atoms with Gasteiger partial charge in [-0.1, -0.05) is 12.1 Å². The molecule has 0 saturated carbocycles. The molecule has 0 saturated heterocycles. The summed E-state index contributed by atoms with van der Waals surface area (Å²) in [6.45, 7) is -4.59. The number of nitrogens with zero attached hydrogens (tertiary/aromatic N) is 4. The topological polar surface area (TPSA) is 26.6 Å². The van der Waals surface area contributed by atoms with Gasteiger partial charge in [-0.25, -0.2) is 9.13 Å². The fraction of sp³-hybridized carbons (Fsp3) is 0.176. The van der Waals surface area contributed by atoms with Gasteiger partial charge >= 0.3 is 0 Å². The van der Waals surface area contributed by atoms with Crippen LogP contribution in [0.3, 0.4) is 0 Å². The van der Waals surface area contributed by atoms with Crippen molar-refractivity contribution in [2.75, 3.05) is 0 Å². The highest BCUT2D eigenvalue weighted by Crippen LogP contribution is 2.36. The lowest BCUT2D eigenvalue weighted by Gasteiger charge is -1.98. The number of aromatic nitrogens is 4. The van der Waals surface area contributed by atoms with Crippen LogP contribution < -0.4 is 4.57 Å². The Kier molecular flexibility index (Phi) is 1.16. The van der Waals surface area contributed by atoms with Crippen molar-refractivity contribution in [1.29, 1.82) is 0 Å². The monoisotopic (exact) mass is 281 g/mol. The van der Waals surface area contributed by atoms with Gasteiger partial charge in [0.1, 0.15) is 5.52 Å². The van der Waals surface area contributed by atoms with Crippen molar-refractivity contribution >= 4 is 22.1 Å². The van der Waals surface area contributed by atoms with Crippen molar-refractivity contribution in [3.05, 3.63) is 48.3 Å². The average molecular weight is 281 g/mol. The summed E-state index contributed by atoms with van der Waals surface area (Å²) in [6.07, 6.45) is 3.31. The van der Waals surface area contributed by atoms with E-state index in [1.807, 2.05) is 22.8 Å². The van der Waals surface area contributed by atoms with Crippen molar-refractivity contribution < 1.29 is 12.8 Å². The quantitative estimate of drug-likeness (QED) is 0.400. The Morgan fingerprint density at radius 1 is 1.29 bits per heavy atom. The SMILES string of the molecule is [2H]C([2H])([2H])n1c2ccccc2c2c1[n+](C([2H])([2H])[2H])c1n2Cc2ccncc2-1. The van der Waals surface area contributed by atoms with Crippen molar-refractivity contribution in [3.63, 3.8) is 0 Å². The van der Waals surface area contributed by atoms with Crippen LogP contribution in [0.1, 0.15) is 13.8 Å². The first-order chi connectivity index (χ1) is 12.7. The third kappa shape index (κ3) is 1.17. The van der Waals surface area contributed by atoms with Crippen LogP contribution in [0.25, 0.3) is 33.5 Å². The van der Waals surface area contributed by atoms with Gasteiger partial charge in [0.05, 0.1) is 39.7 Å². The highest BCUT2D eigenvalue weighted by molar-refractivity contribution is 6.04. The van der Waals surface area contributed by atoms with Gasteiger partial charge in [-0.15, -0.1) is 0 Å². The molecule has 3 aromatic heterocycles. The highest BCUT2D eigenvalue weighted by atomic mass is 15.2. The molecule has 0 N–H and O–H groups in total. The van der Waals surface area contributed by atoms with Crippen LogP contribution in [0.5, 0.6) is 0 Å². The van der Waals surface area contributed by atoms with Crippen LogP contribution in [-0.2, 0) is 20.5 Å². The van der Waals surface area contributed by atoms with E-state index in [0.717, 1.165) is 10.1 Å². The third-order valence-electron chi connectivity index (χ3n) is 4.25. The number of hydrogen-bond donors (Lipinski definition) is 0. The molecule has 4 nitrogen and oxygen atoms in total. The number of fused-ring (bicyclic) bond motifs is 7. The second-order valence-electron chi connectivity index (χ2n) is 5.30. The molecule has 0 spiro atoms. The van der Waals surface area contributed by atoms with Crippen molar-refractivity contribution in [2.45, 2.75) is 6.54 Å². The zero-order valence-electron chi connectivity index (χ0n) is 17.0. The van der Waals surface area contributed by atoms with Crippen LogP contribution in [0.4, 0.5) is 0 Å². The van der Waals surface area contributed by atoms with Crippen LogP contribution in [0.15, 0.2) is 42.7 Å².